The van der Waals surface area contributed by atoms with E-state index in [2.05, 4.69) is 9.88 Å². The molecule has 1 aliphatic heterocycles. The first-order valence-electron chi connectivity index (χ1n) is 8.10. The van der Waals surface area contributed by atoms with Crippen LogP contribution in [0, 0.1) is 12.8 Å². The number of carbonyl (C=O) groups is 1. The highest BCUT2D eigenvalue weighted by Gasteiger charge is 2.35. The van der Waals surface area contributed by atoms with E-state index in [0.717, 1.165) is 25.1 Å². The molecule has 1 aliphatic carbocycles. The van der Waals surface area contributed by atoms with Gasteiger partial charge in [-0.15, -0.1) is 0 Å². The average molecular weight is 307 g/mol. The lowest BCUT2D eigenvalue weighted by molar-refractivity contribution is 0.0661. The quantitative estimate of drug-likeness (QED) is 0.766. The van der Waals surface area contributed by atoms with E-state index in [-0.39, 0.29) is 5.91 Å². The molecule has 3 rings (SSSR count). The molecular weight excluding hydrogens is 284 g/mol. The van der Waals surface area contributed by atoms with Crippen molar-refractivity contribution in [2.24, 2.45) is 5.92 Å². The van der Waals surface area contributed by atoms with Gasteiger partial charge in [-0.25, -0.2) is 4.98 Å². The van der Waals surface area contributed by atoms with Crippen molar-refractivity contribution in [3.05, 3.63) is 28.5 Å². The summed E-state index contributed by atoms with van der Waals surface area (Å²) in [5.41, 5.74) is 1.49. The van der Waals surface area contributed by atoms with E-state index in [1.807, 2.05) is 13.0 Å². The number of aromatic nitrogens is 1. The third-order valence-corrected chi connectivity index (χ3v) is 5.12. The number of likely N-dealkylation sites (tertiary alicyclic amines) is 1. The molecule has 21 heavy (non-hydrogen) atoms. The van der Waals surface area contributed by atoms with Gasteiger partial charge in [0, 0.05) is 23.8 Å². The molecule has 0 spiro atoms. The normalized spacial score (nSPS) is 23.5. The summed E-state index contributed by atoms with van der Waals surface area (Å²) in [5.74, 6) is 0.832. The second kappa shape index (κ2) is 6.35. The summed E-state index contributed by atoms with van der Waals surface area (Å²) in [5, 5.41) is 0.409. The number of aryl methyl sites for hydroxylation is 1. The molecule has 2 heterocycles. The number of carbonyl (C=O) groups excluding carboxylic acids is 1. The Bertz CT molecular complexity index is 505. The van der Waals surface area contributed by atoms with Gasteiger partial charge in [-0.1, -0.05) is 30.9 Å². The second-order valence-corrected chi connectivity index (χ2v) is 6.81. The zero-order chi connectivity index (χ0) is 14.8. The smallest absolute Gasteiger partial charge is 0.254 e. The highest BCUT2D eigenvalue weighted by atomic mass is 35.5. The predicted molar refractivity (Wildman–Crippen MR) is 84.6 cm³/mol. The molecule has 2 fully saturated rings. The lowest BCUT2D eigenvalue weighted by Crippen LogP contribution is -2.40. The van der Waals surface area contributed by atoms with Gasteiger partial charge in [0.2, 0.25) is 0 Å². The number of pyridine rings is 1. The molecule has 4 heteroatoms. The van der Waals surface area contributed by atoms with Gasteiger partial charge >= 0.3 is 0 Å². The van der Waals surface area contributed by atoms with Crippen LogP contribution in [0.15, 0.2) is 12.1 Å². The van der Waals surface area contributed by atoms with Gasteiger partial charge in [0.25, 0.3) is 5.91 Å². The van der Waals surface area contributed by atoms with Crippen molar-refractivity contribution in [1.82, 2.24) is 9.88 Å². The predicted octanol–water partition coefficient (Wildman–Crippen LogP) is 4.23. The van der Waals surface area contributed by atoms with Crippen LogP contribution in [-0.4, -0.2) is 28.4 Å². The zero-order valence-corrected chi connectivity index (χ0v) is 13.4. The van der Waals surface area contributed by atoms with Crippen molar-refractivity contribution in [3.8, 4) is 0 Å². The molecule has 1 saturated heterocycles. The fraction of sp³-hybridized carbons (Fsp3) is 0.647. The monoisotopic (exact) mass is 306 g/mol. The maximum absolute atomic E-state index is 12.8. The molecule has 0 N–H and O–H groups in total. The molecule has 0 bridgehead atoms. The van der Waals surface area contributed by atoms with Crippen molar-refractivity contribution in [2.75, 3.05) is 6.54 Å². The van der Waals surface area contributed by atoms with E-state index in [4.69, 9.17) is 11.6 Å². The van der Waals surface area contributed by atoms with Crippen LogP contribution in [0.25, 0.3) is 0 Å². The van der Waals surface area contributed by atoms with Gasteiger partial charge in [0.1, 0.15) is 5.15 Å². The van der Waals surface area contributed by atoms with Crippen LogP contribution in [0.2, 0.25) is 5.15 Å². The average Bonchev–Trinajstić information content (AvgIpc) is 2.95. The minimum atomic E-state index is 0.135. The molecule has 1 unspecified atom stereocenters. The second-order valence-electron chi connectivity index (χ2n) is 6.43. The maximum Gasteiger partial charge on any atom is 0.254 e. The fourth-order valence-electron chi connectivity index (χ4n) is 3.97. The Hall–Kier alpha value is -1.09. The van der Waals surface area contributed by atoms with Crippen LogP contribution in [0.4, 0.5) is 0 Å². The Kier molecular flexibility index (Phi) is 4.48. The lowest BCUT2D eigenvalue weighted by atomic mass is 9.83. The SMILES string of the molecule is Cc1cc(C(=O)N2CCCC2C2CCCCC2)cc(Cl)n1. The molecule has 1 amide bonds. The largest absolute Gasteiger partial charge is 0.335 e. The summed E-state index contributed by atoms with van der Waals surface area (Å²) < 4.78 is 0. The molecule has 0 radical (unpaired) electrons. The molecule has 3 nitrogen and oxygen atoms in total. The zero-order valence-electron chi connectivity index (χ0n) is 12.6. The van der Waals surface area contributed by atoms with Crippen LogP contribution in [0.3, 0.4) is 0 Å². The van der Waals surface area contributed by atoms with E-state index in [9.17, 15) is 4.79 Å². The number of nitrogens with zero attached hydrogens (tertiary/aromatic N) is 2. The van der Waals surface area contributed by atoms with Crippen molar-refractivity contribution < 1.29 is 4.79 Å². The van der Waals surface area contributed by atoms with Gasteiger partial charge in [-0.3, -0.25) is 4.79 Å². The van der Waals surface area contributed by atoms with E-state index in [1.165, 1.54) is 32.1 Å². The number of hydrogen-bond acceptors (Lipinski definition) is 2. The van der Waals surface area contributed by atoms with Crippen LogP contribution >= 0.6 is 11.6 Å². The summed E-state index contributed by atoms with van der Waals surface area (Å²) in [6, 6.07) is 3.99. The van der Waals surface area contributed by atoms with Crippen molar-refractivity contribution in [1.29, 1.82) is 0 Å². The van der Waals surface area contributed by atoms with Crippen LogP contribution in [0.1, 0.15) is 61.0 Å². The van der Waals surface area contributed by atoms with Crippen LogP contribution in [-0.2, 0) is 0 Å². The van der Waals surface area contributed by atoms with Gasteiger partial charge in [0.05, 0.1) is 0 Å². The van der Waals surface area contributed by atoms with Crippen molar-refractivity contribution in [3.63, 3.8) is 0 Å². The van der Waals surface area contributed by atoms with Gasteiger partial charge in [0.15, 0.2) is 0 Å². The molecule has 114 valence electrons. The molecule has 2 aliphatic rings. The van der Waals surface area contributed by atoms with E-state index in [0.29, 0.717) is 22.7 Å². The standard InChI is InChI=1S/C17H23ClN2O/c1-12-10-14(11-16(18)19-12)17(21)20-9-5-8-15(20)13-6-3-2-4-7-13/h10-11,13,15H,2-9H2,1H3. The third-order valence-electron chi connectivity index (χ3n) is 4.92. The number of halogens is 1. The summed E-state index contributed by atoms with van der Waals surface area (Å²) in [7, 11) is 0. The first kappa shape index (κ1) is 14.8. The van der Waals surface area contributed by atoms with Gasteiger partial charge in [-0.05, 0) is 50.7 Å². The Balaban J connectivity index is 1.79. The Labute approximate surface area is 131 Å². The Morgan fingerprint density at radius 3 is 2.67 bits per heavy atom. The topological polar surface area (TPSA) is 33.2 Å². The van der Waals surface area contributed by atoms with E-state index in [1.54, 1.807) is 6.07 Å². The van der Waals surface area contributed by atoms with E-state index >= 15 is 0 Å². The lowest BCUT2D eigenvalue weighted by Gasteiger charge is -2.34. The highest BCUT2D eigenvalue weighted by molar-refractivity contribution is 6.29. The Morgan fingerprint density at radius 2 is 1.95 bits per heavy atom. The first-order chi connectivity index (χ1) is 10.1. The van der Waals surface area contributed by atoms with Gasteiger partial charge < -0.3 is 4.90 Å². The highest BCUT2D eigenvalue weighted by Crippen LogP contribution is 2.35. The third kappa shape index (κ3) is 3.23. The minimum absolute atomic E-state index is 0.135. The molecule has 1 aromatic heterocycles. The maximum atomic E-state index is 12.8. The molecule has 1 atom stereocenters. The van der Waals surface area contributed by atoms with Crippen LogP contribution < -0.4 is 0 Å². The summed E-state index contributed by atoms with van der Waals surface area (Å²) in [6.45, 7) is 2.77. The summed E-state index contributed by atoms with van der Waals surface area (Å²) in [6.07, 6.45) is 8.86. The molecular formula is C17H23ClN2O. The van der Waals surface area contributed by atoms with E-state index < -0.39 is 0 Å². The van der Waals surface area contributed by atoms with Crippen LogP contribution in [0.5, 0.6) is 0 Å². The summed E-state index contributed by atoms with van der Waals surface area (Å²) in [4.78, 5) is 19.1. The van der Waals surface area contributed by atoms with Crippen molar-refractivity contribution in [2.45, 2.75) is 57.9 Å². The summed E-state index contributed by atoms with van der Waals surface area (Å²) >= 11 is 6.00. The number of amides is 1. The molecule has 1 aromatic rings. The number of rotatable bonds is 2. The first-order valence-corrected chi connectivity index (χ1v) is 8.48. The van der Waals surface area contributed by atoms with Crippen molar-refractivity contribution >= 4 is 17.5 Å². The Morgan fingerprint density at radius 1 is 1.19 bits per heavy atom. The van der Waals surface area contributed by atoms with Gasteiger partial charge in [-0.2, -0.15) is 0 Å². The molecule has 0 aromatic carbocycles. The number of hydrogen-bond donors (Lipinski definition) is 0. The fourth-order valence-corrected chi connectivity index (χ4v) is 4.22. The minimum Gasteiger partial charge on any atom is -0.335 e. The molecule has 1 saturated carbocycles.